The number of ether oxygens (including phenoxy) is 1. The first-order valence-electron chi connectivity index (χ1n) is 11.4. The van der Waals surface area contributed by atoms with Gasteiger partial charge < -0.3 is 25.4 Å². The van der Waals surface area contributed by atoms with Gasteiger partial charge in [-0.25, -0.2) is 0 Å². The van der Waals surface area contributed by atoms with Gasteiger partial charge in [0.1, 0.15) is 11.6 Å². The van der Waals surface area contributed by atoms with Gasteiger partial charge in [0.05, 0.1) is 30.6 Å². The van der Waals surface area contributed by atoms with Gasteiger partial charge in [-0.1, -0.05) is 57.9 Å². The van der Waals surface area contributed by atoms with Crippen LogP contribution in [0, 0.1) is 11.8 Å². The molecule has 0 aliphatic carbocycles. The van der Waals surface area contributed by atoms with Gasteiger partial charge in [0.15, 0.2) is 0 Å². The van der Waals surface area contributed by atoms with Gasteiger partial charge in [-0.15, -0.1) is 0 Å². The van der Waals surface area contributed by atoms with Crippen LogP contribution in [-0.2, 0) is 19.1 Å². The topological polar surface area (TPSA) is 108 Å². The SMILES string of the molecule is CNC(=O)[C@H]1[C@H]2C(=O)N([C@H](CO)c3ccccc3)C(C(=O)Nc3ccc(Cl)cc3)C23CC(Br)[C@@H]1O3. The van der Waals surface area contributed by atoms with E-state index in [9.17, 15) is 19.5 Å². The van der Waals surface area contributed by atoms with Crippen LogP contribution in [0.2, 0.25) is 5.02 Å². The highest BCUT2D eigenvalue weighted by molar-refractivity contribution is 9.09. The molecule has 0 saturated carbocycles. The van der Waals surface area contributed by atoms with E-state index in [-0.39, 0.29) is 16.6 Å². The number of nitrogens with one attached hydrogen (secondary N) is 2. The Labute approximate surface area is 216 Å². The van der Waals surface area contributed by atoms with Gasteiger partial charge in [0, 0.05) is 22.6 Å². The van der Waals surface area contributed by atoms with Gasteiger partial charge in [-0.2, -0.15) is 0 Å². The molecule has 2 bridgehead atoms. The number of carbonyl (C=O) groups excluding carboxylic acids is 3. The van der Waals surface area contributed by atoms with Crippen molar-refractivity contribution >= 4 is 50.9 Å². The minimum Gasteiger partial charge on any atom is -0.394 e. The number of rotatable bonds is 6. The first-order chi connectivity index (χ1) is 16.8. The van der Waals surface area contributed by atoms with Crippen molar-refractivity contribution in [2.24, 2.45) is 11.8 Å². The van der Waals surface area contributed by atoms with E-state index in [1.54, 1.807) is 36.4 Å². The fourth-order valence-corrected chi connectivity index (χ4v) is 7.01. The molecule has 5 rings (SSSR count). The Morgan fingerprint density at radius 1 is 1.20 bits per heavy atom. The standard InChI is InChI=1S/C25H25BrClN3O5/c1-28-22(32)18-19-24(34)30(17(12-31)13-5-3-2-4-6-13)21(25(19)11-16(26)20(18)35-25)23(33)29-15-9-7-14(27)8-10-15/h2-10,16-21,31H,11-12H2,1H3,(H,28,32)(H,29,33)/t16?,17-,18+,19+,20+,21?,25?/m1/s1. The lowest BCUT2D eigenvalue weighted by Crippen LogP contribution is -2.55. The number of aliphatic hydroxyl groups is 1. The number of likely N-dealkylation sites (tertiary alicyclic amines) is 1. The molecule has 1 spiro atoms. The second kappa shape index (κ2) is 9.20. The average Bonchev–Trinajstić information content (AvgIpc) is 3.45. The van der Waals surface area contributed by atoms with E-state index in [0.29, 0.717) is 22.7 Å². The van der Waals surface area contributed by atoms with Crippen LogP contribution in [0.5, 0.6) is 0 Å². The van der Waals surface area contributed by atoms with Crippen LogP contribution in [0.15, 0.2) is 54.6 Å². The van der Waals surface area contributed by atoms with Crippen LogP contribution in [0.4, 0.5) is 5.69 Å². The maximum absolute atomic E-state index is 14.0. The van der Waals surface area contributed by atoms with Crippen molar-refractivity contribution in [2.45, 2.75) is 35.0 Å². The second-order valence-electron chi connectivity index (χ2n) is 9.13. The number of carbonyl (C=O) groups is 3. The maximum Gasteiger partial charge on any atom is 0.250 e. The molecule has 0 aromatic heterocycles. The number of anilines is 1. The molecule has 8 nitrogen and oxygen atoms in total. The number of alkyl halides is 1. The normalized spacial score (nSPS) is 31.8. The number of halogens is 2. The lowest BCUT2D eigenvalue weighted by Gasteiger charge is -2.37. The van der Waals surface area contributed by atoms with E-state index in [1.807, 2.05) is 18.2 Å². The van der Waals surface area contributed by atoms with E-state index in [4.69, 9.17) is 16.3 Å². The summed E-state index contributed by atoms with van der Waals surface area (Å²) in [5, 5.41) is 16.5. The van der Waals surface area contributed by atoms with E-state index in [1.165, 1.54) is 11.9 Å². The van der Waals surface area contributed by atoms with Crippen molar-refractivity contribution in [3.63, 3.8) is 0 Å². The Hall–Kier alpha value is -2.46. The van der Waals surface area contributed by atoms with Crippen LogP contribution in [0.25, 0.3) is 0 Å². The fourth-order valence-electron chi connectivity index (χ4n) is 5.94. The van der Waals surface area contributed by atoms with Crippen molar-refractivity contribution in [3.05, 3.63) is 65.2 Å². The molecule has 3 N–H and O–H groups in total. The highest BCUT2D eigenvalue weighted by atomic mass is 79.9. The lowest BCUT2D eigenvalue weighted by molar-refractivity contribution is -0.144. The van der Waals surface area contributed by atoms with Crippen molar-refractivity contribution in [1.82, 2.24) is 10.2 Å². The summed E-state index contributed by atoms with van der Waals surface area (Å²) in [5.41, 5.74) is -0.0191. The molecule has 0 radical (unpaired) electrons. The van der Waals surface area contributed by atoms with E-state index in [2.05, 4.69) is 26.6 Å². The summed E-state index contributed by atoms with van der Waals surface area (Å²) >= 11 is 9.61. The summed E-state index contributed by atoms with van der Waals surface area (Å²) in [4.78, 5) is 42.0. The van der Waals surface area contributed by atoms with E-state index < -0.39 is 48.1 Å². The van der Waals surface area contributed by atoms with Crippen LogP contribution < -0.4 is 10.6 Å². The maximum atomic E-state index is 14.0. The molecule has 184 valence electrons. The summed E-state index contributed by atoms with van der Waals surface area (Å²) in [7, 11) is 1.52. The molecule has 3 amide bonds. The van der Waals surface area contributed by atoms with Crippen LogP contribution >= 0.6 is 27.5 Å². The summed E-state index contributed by atoms with van der Waals surface area (Å²) in [5.74, 6) is -2.73. The zero-order valence-electron chi connectivity index (χ0n) is 18.9. The minimum absolute atomic E-state index is 0.205. The van der Waals surface area contributed by atoms with E-state index in [0.717, 1.165) is 0 Å². The molecular formula is C25H25BrClN3O5. The predicted molar refractivity (Wildman–Crippen MR) is 133 cm³/mol. The van der Waals surface area contributed by atoms with Gasteiger partial charge in [-0.3, -0.25) is 14.4 Å². The number of amides is 3. The minimum atomic E-state index is -1.22. The average molecular weight is 563 g/mol. The van der Waals surface area contributed by atoms with Crippen LogP contribution in [0.3, 0.4) is 0 Å². The summed E-state index contributed by atoms with van der Waals surface area (Å²) < 4.78 is 6.42. The number of hydrogen-bond acceptors (Lipinski definition) is 5. The zero-order chi connectivity index (χ0) is 24.9. The Morgan fingerprint density at radius 2 is 1.89 bits per heavy atom. The summed E-state index contributed by atoms with van der Waals surface area (Å²) in [6.07, 6.45) is -0.162. The summed E-state index contributed by atoms with van der Waals surface area (Å²) in [6.45, 7) is -0.394. The molecule has 3 aliphatic rings. The smallest absolute Gasteiger partial charge is 0.250 e. The lowest BCUT2D eigenvalue weighted by atomic mass is 9.70. The molecular weight excluding hydrogens is 538 g/mol. The molecule has 35 heavy (non-hydrogen) atoms. The van der Waals surface area contributed by atoms with Gasteiger partial charge in [-0.05, 0) is 36.2 Å². The van der Waals surface area contributed by atoms with Crippen molar-refractivity contribution in [1.29, 1.82) is 0 Å². The zero-order valence-corrected chi connectivity index (χ0v) is 21.2. The number of benzene rings is 2. The quantitative estimate of drug-likeness (QED) is 0.469. The highest BCUT2D eigenvalue weighted by Gasteiger charge is 2.77. The van der Waals surface area contributed by atoms with Gasteiger partial charge in [0.25, 0.3) is 0 Å². The largest absolute Gasteiger partial charge is 0.394 e. The fraction of sp³-hybridized carbons (Fsp3) is 0.400. The van der Waals surface area contributed by atoms with Crippen molar-refractivity contribution in [3.8, 4) is 0 Å². The monoisotopic (exact) mass is 561 g/mol. The Bertz CT molecular complexity index is 1150. The first kappa shape index (κ1) is 24.2. The summed E-state index contributed by atoms with van der Waals surface area (Å²) in [6, 6.07) is 13.9. The predicted octanol–water partition coefficient (Wildman–Crippen LogP) is 2.51. The van der Waals surface area contributed by atoms with Gasteiger partial charge >= 0.3 is 0 Å². The van der Waals surface area contributed by atoms with Crippen molar-refractivity contribution in [2.75, 3.05) is 19.0 Å². The number of hydrogen-bond donors (Lipinski definition) is 3. The molecule has 7 atom stereocenters. The Morgan fingerprint density at radius 3 is 2.51 bits per heavy atom. The molecule has 10 heteroatoms. The number of aliphatic hydroxyl groups excluding tert-OH is 1. The highest BCUT2D eigenvalue weighted by Crippen LogP contribution is 2.61. The number of fused-ring (bicyclic) bond motifs is 1. The third-order valence-corrected chi connectivity index (χ3v) is 8.43. The first-order valence-corrected chi connectivity index (χ1v) is 12.7. The third kappa shape index (κ3) is 3.76. The number of nitrogens with zero attached hydrogens (tertiary/aromatic N) is 1. The third-order valence-electron chi connectivity index (χ3n) is 7.33. The Kier molecular flexibility index (Phi) is 6.37. The van der Waals surface area contributed by atoms with Crippen LogP contribution in [-0.4, -0.2) is 64.0 Å². The van der Waals surface area contributed by atoms with Crippen LogP contribution in [0.1, 0.15) is 18.0 Å². The van der Waals surface area contributed by atoms with Crippen molar-refractivity contribution < 1.29 is 24.2 Å². The molecule has 2 aromatic rings. The molecule has 3 aliphatic heterocycles. The molecule has 3 saturated heterocycles. The Balaban J connectivity index is 1.61. The molecule has 3 unspecified atom stereocenters. The van der Waals surface area contributed by atoms with E-state index >= 15 is 0 Å². The molecule has 2 aromatic carbocycles. The van der Waals surface area contributed by atoms with Gasteiger partial charge in [0.2, 0.25) is 17.7 Å². The molecule has 3 fully saturated rings. The second-order valence-corrected chi connectivity index (χ2v) is 10.7. The molecule has 3 heterocycles.